The summed E-state index contributed by atoms with van der Waals surface area (Å²) >= 11 is 3.04. The average molecular weight is 292 g/mol. The molecule has 0 aliphatic heterocycles. The third kappa shape index (κ3) is 3.83. The van der Waals surface area contributed by atoms with Gasteiger partial charge in [-0.15, -0.1) is 0 Å². The summed E-state index contributed by atoms with van der Waals surface area (Å²) in [5, 5.41) is 3.04. The summed E-state index contributed by atoms with van der Waals surface area (Å²) in [4.78, 5) is 0. The van der Waals surface area contributed by atoms with Gasteiger partial charge in [0.2, 0.25) is 0 Å². The molecule has 1 aromatic rings. The fourth-order valence-electron chi connectivity index (χ4n) is 1.34. The topological polar surface area (TPSA) is 12.0 Å². The van der Waals surface area contributed by atoms with Crippen molar-refractivity contribution in [3.63, 3.8) is 0 Å². The van der Waals surface area contributed by atoms with Crippen molar-refractivity contribution in [2.24, 2.45) is 5.92 Å². The van der Waals surface area contributed by atoms with Crippen molar-refractivity contribution < 1.29 is 8.78 Å². The molecule has 0 radical (unpaired) electrons. The molecule has 1 nitrogen and oxygen atoms in total. The van der Waals surface area contributed by atoms with Gasteiger partial charge in [-0.3, -0.25) is 0 Å². The number of hydrogen-bond acceptors (Lipinski definition) is 1. The van der Waals surface area contributed by atoms with Crippen LogP contribution in [0.25, 0.3) is 0 Å². The zero-order chi connectivity index (χ0) is 12.1. The Kier molecular flexibility index (Phi) is 5.35. The highest BCUT2D eigenvalue weighted by Gasteiger charge is 2.11. The van der Waals surface area contributed by atoms with Crippen molar-refractivity contribution in [3.8, 4) is 0 Å². The minimum absolute atomic E-state index is 0.0955. The molecule has 1 N–H and O–H groups in total. The van der Waals surface area contributed by atoms with Gasteiger partial charge in [-0.25, -0.2) is 8.78 Å². The maximum atomic E-state index is 13.5. The summed E-state index contributed by atoms with van der Waals surface area (Å²) in [7, 11) is 0. The molecule has 16 heavy (non-hydrogen) atoms. The van der Waals surface area contributed by atoms with Crippen molar-refractivity contribution in [2.75, 3.05) is 6.54 Å². The molecule has 0 aliphatic rings. The molecule has 0 saturated carbocycles. The van der Waals surface area contributed by atoms with Crippen LogP contribution in [0.15, 0.2) is 16.6 Å². The molecule has 0 aromatic heterocycles. The standard InChI is InChI=1S/C12H16BrF2N/c1-8(2)5-6-16-7-9-11(14)4-3-10(13)12(9)15/h3-4,8,16H,5-7H2,1-2H3. The highest BCUT2D eigenvalue weighted by Crippen LogP contribution is 2.21. The summed E-state index contributed by atoms with van der Waals surface area (Å²) in [6.45, 7) is 5.22. The second-order valence-corrected chi connectivity index (χ2v) is 5.04. The van der Waals surface area contributed by atoms with Gasteiger partial charge in [-0.05, 0) is 46.9 Å². The number of benzene rings is 1. The van der Waals surface area contributed by atoms with E-state index in [1.807, 2.05) is 0 Å². The zero-order valence-corrected chi connectivity index (χ0v) is 11.1. The first kappa shape index (κ1) is 13.6. The van der Waals surface area contributed by atoms with Crippen LogP contribution in [-0.2, 0) is 6.54 Å². The third-order valence-corrected chi connectivity index (χ3v) is 2.95. The van der Waals surface area contributed by atoms with Gasteiger partial charge >= 0.3 is 0 Å². The molecule has 0 heterocycles. The molecule has 0 spiro atoms. The van der Waals surface area contributed by atoms with Crippen LogP contribution in [-0.4, -0.2) is 6.54 Å². The Bertz CT molecular complexity index is 353. The van der Waals surface area contributed by atoms with Gasteiger partial charge in [-0.2, -0.15) is 0 Å². The van der Waals surface area contributed by atoms with Crippen molar-refractivity contribution in [1.82, 2.24) is 5.32 Å². The maximum Gasteiger partial charge on any atom is 0.144 e. The van der Waals surface area contributed by atoms with E-state index in [1.54, 1.807) is 0 Å². The Morgan fingerprint density at radius 2 is 2.00 bits per heavy atom. The molecule has 0 fully saturated rings. The molecule has 4 heteroatoms. The van der Waals surface area contributed by atoms with Crippen LogP contribution in [0.2, 0.25) is 0 Å². The Labute approximate surface area is 103 Å². The van der Waals surface area contributed by atoms with Crippen LogP contribution >= 0.6 is 15.9 Å². The highest BCUT2D eigenvalue weighted by atomic mass is 79.9. The smallest absolute Gasteiger partial charge is 0.144 e. The van der Waals surface area contributed by atoms with Crippen molar-refractivity contribution >= 4 is 15.9 Å². The van der Waals surface area contributed by atoms with Crippen LogP contribution < -0.4 is 5.32 Å². The van der Waals surface area contributed by atoms with Crippen LogP contribution in [0, 0.1) is 17.6 Å². The summed E-state index contributed by atoms with van der Waals surface area (Å²) in [5.74, 6) is -0.431. The number of nitrogens with one attached hydrogen (secondary N) is 1. The molecule has 0 bridgehead atoms. The Hall–Kier alpha value is -0.480. The Morgan fingerprint density at radius 1 is 1.31 bits per heavy atom. The van der Waals surface area contributed by atoms with E-state index >= 15 is 0 Å². The molecule has 90 valence electrons. The molecule has 0 aliphatic carbocycles. The highest BCUT2D eigenvalue weighted by molar-refractivity contribution is 9.10. The van der Waals surface area contributed by atoms with Gasteiger partial charge in [0, 0.05) is 12.1 Å². The van der Waals surface area contributed by atoms with E-state index in [9.17, 15) is 8.78 Å². The Balaban J connectivity index is 2.56. The molecule has 1 aromatic carbocycles. The zero-order valence-electron chi connectivity index (χ0n) is 9.49. The summed E-state index contributed by atoms with van der Waals surface area (Å²) < 4.78 is 27.1. The molecule has 0 amide bonds. The van der Waals surface area contributed by atoms with E-state index in [4.69, 9.17) is 0 Å². The van der Waals surface area contributed by atoms with Crippen molar-refractivity contribution in [1.29, 1.82) is 0 Å². The van der Waals surface area contributed by atoms with Crippen LogP contribution in [0.1, 0.15) is 25.8 Å². The van der Waals surface area contributed by atoms with Crippen molar-refractivity contribution in [2.45, 2.75) is 26.8 Å². The predicted molar refractivity (Wildman–Crippen MR) is 65.2 cm³/mol. The largest absolute Gasteiger partial charge is 0.312 e. The van der Waals surface area contributed by atoms with Gasteiger partial charge < -0.3 is 5.32 Å². The van der Waals surface area contributed by atoms with Gasteiger partial charge in [0.1, 0.15) is 11.6 Å². The second kappa shape index (κ2) is 6.30. The van der Waals surface area contributed by atoms with Gasteiger partial charge in [0.25, 0.3) is 0 Å². The molecule has 0 saturated heterocycles. The van der Waals surface area contributed by atoms with E-state index in [2.05, 4.69) is 35.1 Å². The molecule has 0 unspecified atom stereocenters. The number of rotatable bonds is 5. The predicted octanol–water partition coefficient (Wildman–Crippen LogP) is 3.86. The fraction of sp³-hybridized carbons (Fsp3) is 0.500. The first-order chi connectivity index (χ1) is 7.52. The lowest BCUT2D eigenvalue weighted by atomic mass is 10.1. The maximum absolute atomic E-state index is 13.5. The summed E-state index contributed by atoms with van der Waals surface area (Å²) in [6, 6.07) is 2.65. The lowest BCUT2D eigenvalue weighted by Gasteiger charge is -2.09. The van der Waals surface area contributed by atoms with E-state index in [0.29, 0.717) is 10.4 Å². The summed E-state index contributed by atoms with van der Waals surface area (Å²) in [6.07, 6.45) is 0.997. The van der Waals surface area contributed by atoms with E-state index in [-0.39, 0.29) is 12.1 Å². The molecule has 0 atom stereocenters. The normalized spacial score (nSPS) is 11.1. The minimum atomic E-state index is -0.517. The van der Waals surface area contributed by atoms with Crippen molar-refractivity contribution in [3.05, 3.63) is 33.8 Å². The molecular weight excluding hydrogens is 276 g/mol. The SMILES string of the molecule is CC(C)CCNCc1c(F)ccc(Br)c1F. The molecular formula is C12H16BrF2N. The van der Waals surface area contributed by atoms with Crippen LogP contribution in [0.5, 0.6) is 0 Å². The quantitative estimate of drug-likeness (QED) is 0.642. The monoisotopic (exact) mass is 291 g/mol. The summed E-state index contributed by atoms with van der Waals surface area (Å²) in [5.41, 5.74) is 0.0955. The number of hydrogen-bond donors (Lipinski definition) is 1. The first-order valence-electron chi connectivity index (χ1n) is 5.35. The van der Waals surface area contributed by atoms with E-state index < -0.39 is 11.6 Å². The van der Waals surface area contributed by atoms with Gasteiger partial charge in [0.15, 0.2) is 0 Å². The molecule has 1 rings (SSSR count). The first-order valence-corrected chi connectivity index (χ1v) is 6.14. The lowest BCUT2D eigenvalue weighted by molar-refractivity contribution is 0.505. The number of halogens is 3. The van der Waals surface area contributed by atoms with Gasteiger partial charge in [-0.1, -0.05) is 13.8 Å². The fourth-order valence-corrected chi connectivity index (χ4v) is 1.71. The minimum Gasteiger partial charge on any atom is -0.312 e. The van der Waals surface area contributed by atoms with E-state index in [0.717, 1.165) is 13.0 Å². The van der Waals surface area contributed by atoms with Crippen LogP contribution in [0.4, 0.5) is 8.78 Å². The Morgan fingerprint density at radius 3 is 2.62 bits per heavy atom. The van der Waals surface area contributed by atoms with Gasteiger partial charge in [0.05, 0.1) is 4.47 Å². The average Bonchev–Trinajstić information content (AvgIpc) is 2.22. The second-order valence-electron chi connectivity index (χ2n) is 4.18. The third-order valence-electron chi connectivity index (χ3n) is 2.34. The van der Waals surface area contributed by atoms with E-state index in [1.165, 1.54) is 12.1 Å². The lowest BCUT2D eigenvalue weighted by Crippen LogP contribution is -2.18. The van der Waals surface area contributed by atoms with Crippen LogP contribution in [0.3, 0.4) is 0 Å².